The Morgan fingerprint density at radius 3 is 2.25 bits per heavy atom. The summed E-state index contributed by atoms with van der Waals surface area (Å²) in [7, 11) is 0. The number of allylic oxidation sites excluding steroid dienone is 1. The predicted octanol–water partition coefficient (Wildman–Crippen LogP) is 6.66. The average Bonchev–Trinajstić information content (AvgIpc) is 2.69. The van der Waals surface area contributed by atoms with Crippen molar-refractivity contribution in [1.29, 1.82) is 0 Å². The molecular weight excluding hydrogens is 365 g/mol. The monoisotopic (exact) mass is 383 g/mol. The lowest BCUT2D eigenvalue weighted by atomic mass is 10.0. The van der Waals surface area contributed by atoms with E-state index in [1.807, 2.05) is 61.5 Å². The molecule has 0 saturated carbocycles. The van der Waals surface area contributed by atoms with Crippen molar-refractivity contribution in [3.8, 4) is 23.0 Å². The van der Waals surface area contributed by atoms with Gasteiger partial charge in [-0.2, -0.15) is 4.99 Å². The number of hydrogen-bond acceptors (Lipinski definition) is 2. The molecule has 1 nitrogen and oxygen atoms in total. The third-order valence-electron chi connectivity index (χ3n) is 4.27. The van der Waals surface area contributed by atoms with Crippen molar-refractivity contribution in [1.82, 2.24) is 0 Å². The zero-order chi connectivity index (χ0) is 19.9. The lowest BCUT2D eigenvalue weighted by Crippen LogP contribution is -1.95. The van der Waals surface area contributed by atoms with Crippen LogP contribution in [0, 0.1) is 24.6 Å². The number of nitrogens with zero attached hydrogens (tertiary/aromatic N) is 1. The van der Waals surface area contributed by atoms with Gasteiger partial charge >= 0.3 is 0 Å². The number of aliphatic imine (C=N–C) groups is 1. The van der Waals surface area contributed by atoms with E-state index in [0.29, 0.717) is 12.0 Å². The topological polar surface area (TPSA) is 12.4 Å². The summed E-state index contributed by atoms with van der Waals surface area (Å²) in [5.74, 6) is 5.76. The summed E-state index contributed by atoms with van der Waals surface area (Å²) >= 11 is 4.61. The first kappa shape index (κ1) is 19.5. The van der Waals surface area contributed by atoms with Crippen LogP contribution < -0.4 is 0 Å². The lowest BCUT2D eigenvalue weighted by molar-refractivity contribution is 0.621. The van der Waals surface area contributed by atoms with Crippen LogP contribution in [0.15, 0.2) is 78.3 Å². The van der Waals surface area contributed by atoms with Crippen molar-refractivity contribution in [2.45, 2.75) is 13.3 Å². The number of rotatable bonds is 4. The average molecular weight is 383 g/mol. The lowest BCUT2D eigenvalue weighted by Gasteiger charge is -2.05. The van der Waals surface area contributed by atoms with Crippen LogP contribution in [0.25, 0.3) is 11.1 Å². The van der Waals surface area contributed by atoms with E-state index in [0.717, 1.165) is 33.5 Å². The Kier molecular flexibility index (Phi) is 6.29. The van der Waals surface area contributed by atoms with E-state index >= 15 is 0 Å². The van der Waals surface area contributed by atoms with Crippen LogP contribution in [0.5, 0.6) is 0 Å². The van der Waals surface area contributed by atoms with Gasteiger partial charge in [0.15, 0.2) is 0 Å². The molecule has 0 fully saturated rings. The highest BCUT2D eigenvalue weighted by molar-refractivity contribution is 7.78. The molecule has 0 amide bonds. The summed E-state index contributed by atoms with van der Waals surface area (Å²) in [5.41, 5.74) is 5.91. The van der Waals surface area contributed by atoms with Gasteiger partial charge in [-0.3, -0.25) is 0 Å². The highest BCUT2D eigenvalue weighted by Crippen LogP contribution is 2.23. The highest BCUT2D eigenvalue weighted by Gasteiger charge is 2.06. The van der Waals surface area contributed by atoms with E-state index in [1.165, 1.54) is 6.07 Å². The molecular formula is C25H18FNS. The number of thiocarbonyl (C=S) groups is 1. The van der Waals surface area contributed by atoms with Crippen molar-refractivity contribution in [2.75, 3.05) is 0 Å². The third-order valence-corrected chi connectivity index (χ3v) is 4.36. The van der Waals surface area contributed by atoms with Gasteiger partial charge in [-0.1, -0.05) is 48.2 Å². The molecule has 0 atom stereocenters. The van der Waals surface area contributed by atoms with Gasteiger partial charge in [0.05, 0.1) is 16.4 Å². The number of benzene rings is 3. The maximum Gasteiger partial charge on any atom is 0.139 e. The molecule has 0 aliphatic rings. The van der Waals surface area contributed by atoms with Gasteiger partial charge in [0.1, 0.15) is 5.82 Å². The smallest absolute Gasteiger partial charge is 0.139 e. The molecule has 0 spiro atoms. The quantitative estimate of drug-likeness (QED) is 0.212. The van der Waals surface area contributed by atoms with Crippen LogP contribution in [0.1, 0.15) is 22.3 Å². The maximum atomic E-state index is 14.4. The first-order valence-corrected chi connectivity index (χ1v) is 9.22. The second-order valence-corrected chi connectivity index (χ2v) is 6.53. The summed E-state index contributed by atoms with van der Waals surface area (Å²) in [6.07, 6.45) is 2.35. The maximum absolute atomic E-state index is 14.4. The largest absolute Gasteiger partial charge is 0.206 e. The number of isothiocyanates is 1. The molecule has 0 bridgehead atoms. The van der Waals surface area contributed by atoms with Gasteiger partial charge in [-0.05, 0) is 78.1 Å². The molecule has 136 valence electrons. The summed E-state index contributed by atoms with van der Waals surface area (Å²) in [6, 6.07) is 19.1. The van der Waals surface area contributed by atoms with Crippen LogP contribution in [0.4, 0.5) is 10.1 Å². The molecule has 3 rings (SSSR count). The van der Waals surface area contributed by atoms with Crippen LogP contribution in [0.2, 0.25) is 0 Å². The van der Waals surface area contributed by atoms with Gasteiger partial charge in [0.25, 0.3) is 0 Å². The fraction of sp³-hybridized carbons (Fsp3) is 0.0800. The third kappa shape index (κ3) is 4.69. The molecule has 0 aliphatic heterocycles. The van der Waals surface area contributed by atoms with Gasteiger partial charge in [0, 0.05) is 5.56 Å². The number of aryl methyl sites for hydroxylation is 1. The molecule has 3 aromatic carbocycles. The van der Waals surface area contributed by atoms with Crippen LogP contribution in [0.3, 0.4) is 0 Å². The summed E-state index contributed by atoms with van der Waals surface area (Å²) in [6.45, 7) is 5.62. The summed E-state index contributed by atoms with van der Waals surface area (Å²) in [5, 5.41) is 2.36. The van der Waals surface area contributed by atoms with Crippen LogP contribution in [-0.2, 0) is 6.42 Å². The van der Waals surface area contributed by atoms with E-state index in [4.69, 9.17) is 0 Å². The minimum absolute atomic E-state index is 0.292. The standard InChI is InChI=1S/C25H18FNS/c1-3-4-22-15-18(2)16-25(26)24(22)14-7-19-5-8-20(9-6-19)21-10-12-23(13-11-21)27-17-28/h3,5-6,8-13,15-16H,1,4H2,2H3. The molecule has 3 aromatic rings. The minimum atomic E-state index is -0.292. The van der Waals surface area contributed by atoms with Gasteiger partial charge in [-0.25, -0.2) is 4.39 Å². The molecule has 0 unspecified atom stereocenters. The molecule has 0 heterocycles. The Bertz CT molecular complexity index is 1110. The first-order valence-electron chi connectivity index (χ1n) is 8.81. The van der Waals surface area contributed by atoms with E-state index in [-0.39, 0.29) is 5.82 Å². The van der Waals surface area contributed by atoms with E-state index in [1.54, 1.807) is 6.08 Å². The fourth-order valence-corrected chi connectivity index (χ4v) is 3.04. The van der Waals surface area contributed by atoms with Crippen molar-refractivity contribution >= 4 is 23.1 Å². The summed E-state index contributed by atoms with van der Waals surface area (Å²) in [4.78, 5) is 3.95. The number of hydrogen-bond donors (Lipinski definition) is 0. The van der Waals surface area contributed by atoms with E-state index in [9.17, 15) is 4.39 Å². The van der Waals surface area contributed by atoms with E-state index < -0.39 is 0 Å². The molecule has 0 radical (unpaired) electrons. The SMILES string of the molecule is C=CCc1cc(C)cc(F)c1C#Cc1ccc(-c2ccc(N=C=S)cc2)cc1. The summed E-state index contributed by atoms with van der Waals surface area (Å²) < 4.78 is 14.4. The molecule has 0 saturated heterocycles. The fourth-order valence-electron chi connectivity index (χ4n) is 2.93. The Morgan fingerprint density at radius 1 is 1.00 bits per heavy atom. The van der Waals surface area contributed by atoms with Crippen LogP contribution in [-0.4, -0.2) is 5.16 Å². The Hall–Kier alpha value is -3.31. The molecule has 28 heavy (non-hydrogen) atoms. The second-order valence-electron chi connectivity index (χ2n) is 6.35. The van der Waals surface area contributed by atoms with Crippen molar-refractivity contribution < 1.29 is 4.39 Å². The minimum Gasteiger partial charge on any atom is -0.206 e. The van der Waals surface area contributed by atoms with Crippen molar-refractivity contribution in [3.05, 3.63) is 101 Å². The Balaban J connectivity index is 1.86. The van der Waals surface area contributed by atoms with Gasteiger partial charge in [-0.15, -0.1) is 6.58 Å². The van der Waals surface area contributed by atoms with E-state index in [2.05, 4.69) is 40.8 Å². The predicted molar refractivity (Wildman–Crippen MR) is 118 cm³/mol. The molecule has 3 heteroatoms. The zero-order valence-corrected chi connectivity index (χ0v) is 16.3. The van der Waals surface area contributed by atoms with Gasteiger partial charge < -0.3 is 0 Å². The second kappa shape index (κ2) is 9.06. The van der Waals surface area contributed by atoms with Crippen LogP contribution >= 0.6 is 12.2 Å². The molecule has 0 N–H and O–H groups in total. The Morgan fingerprint density at radius 2 is 1.64 bits per heavy atom. The normalized spacial score (nSPS) is 9.79. The highest BCUT2D eigenvalue weighted by atomic mass is 32.1. The number of halogens is 1. The Labute approximate surface area is 170 Å². The first-order chi connectivity index (χ1) is 13.6. The van der Waals surface area contributed by atoms with Crippen molar-refractivity contribution in [2.24, 2.45) is 4.99 Å². The van der Waals surface area contributed by atoms with Crippen molar-refractivity contribution in [3.63, 3.8) is 0 Å². The molecule has 0 aromatic heterocycles. The van der Waals surface area contributed by atoms with Gasteiger partial charge in [0.2, 0.25) is 0 Å². The molecule has 0 aliphatic carbocycles. The zero-order valence-electron chi connectivity index (χ0n) is 15.5.